The Hall–Kier alpha value is -0.820. The van der Waals surface area contributed by atoms with E-state index in [0.29, 0.717) is 5.92 Å². The molecule has 0 radical (unpaired) electrons. The van der Waals surface area contributed by atoms with E-state index in [1.165, 1.54) is 49.7 Å². The second-order valence-corrected chi connectivity index (χ2v) is 5.83. The van der Waals surface area contributed by atoms with Crippen LogP contribution in [-0.4, -0.2) is 6.54 Å². The zero-order chi connectivity index (χ0) is 13.0. The van der Waals surface area contributed by atoms with Crippen molar-refractivity contribution in [3.8, 4) is 0 Å². The Kier molecular flexibility index (Phi) is 4.45. The van der Waals surface area contributed by atoms with Crippen molar-refractivity contribution in [1.82, 2.24) is 0 Å². The highest BCUT2D eigenvalue weighted by Gasteiger charge is 2.34. The van der Waals surface area contributed by atoms with Crippen molar-refractivity contribution in [2.75, 3.05) is 6.54 Å². The van der Waals surface area contributed by atoms with Gasteiger partial charge in [-0.3, -0.25) is 0 Å². The molecule has 0 spiro atoms. The fraction of sp³-hybridized carbons (Fsp3) is 0.647. The molecule has 0 aromatic heterocycles. The van der Waals surface area contributed by atoms with E-state index in [0.717, 1.165) is 6.54 Å². The van der Waals surface area contributed by atoms with Crippen molar-refractivity contribution in [3.63, 3.8) is 0 Å². The number of rotatable bonds is 5. The molecular weight excluding hydrogens is 218 g/mol. The molecule has 1 aliphatic carbocycles. The number of hydrogen-bond donors (Lipinski definition) is 1. The Morgan fingerprint density at radius 1 is 1.17 bits per heavy atom. The van der Waals surface area contributed by atoms with Gasteiger partial charge in [-0.25, -0.2) is 0 Å². The van der Waals surface area contributed by atoms with Crippen molar-refractivity contribution in [2.24, 2.45) is 5.73 Å². The minimum absolute atomic E-state index is 0.280. The van der Waals surface area contributed by atoms with Gasteiger partial charge in [0.1, 0.15) is 0 Å². The van der Waals surface area contributed by atoms with Gasteiger partial charge in [0.05, 0.1) is 0 Å². The first-order valence-electron chi connectivity index (χ1n) is 7.56. The van der Waals surface area contributed by atoms with Crippen molar-refractivity contribution in [2.45, 2.75) is 63.7 Å². The molecule has 0 amide bonds. The van der Waals surface area contributed by atoms with Crippen LogP contribution in [0, 0.1) is 0 Å². The summed E-state index contributed by atoms with van der Waals surface area (Å²) in [5.74, 6) is 0.709. The van der Waals surface area contributed by atoms with E-state index in [9.17, 15) is 0 Å². The van der Waals surface area contributed by atoms with E-state index in [2.05, 4.69) is 38.1 Å². The molecule has 0 unspecified atom stereocenters. The monoisotopic (exact) mass is 245 g/mol. The lowest BCUT2D eigenvalue weighted by molar-refractivity contribution is 0.452. The maximum atomic E-state index is 6.09. The highest BCUT2D eigenvalue weighted by molar-refractivity contribution is 5.33. The molecule has 0 bridgehead atoms. The second kappa shape index (κ2) is 5.88. The summed E-state index contributed by atoms with van der Waals surface area (Å²) in [6.07, 6.45) is 7.69. The summed E-state index contributed by atoms with van der Waals surface area (Å²) in [7, 11) is 0. The molecule has 100 valence electrons. The fourth-order valence-corrected chi connectivity index (χ4v) is 3.54. The van der Waals surface area contributed by atoms with Crippen LogP contribution in [0.25, 0.3) is 0 Å². The molecule has 1 saturated carbocycles. The Bertz CT molecular complexity index is 373. The molecule has 0 saturated heterocycles. The quantitative estimate of drug-likeness (QED) is 0.819. The lowest BCUT2D eigenvalue weighted by atomic mass is 9.77. The van der Waals surface area contributed by atoms with Gasteiger partial charge in [0.2, 0.25) is 0 Å². The molecule has 1 fully saturated rings. The van der Waals surface area contributed by atoms with Gasteiger partial charge < -0.3 is 5.73 Å². The molecule has 1 aliphatic rings. The first-order valence-corrected chi connectivity index (χ1v) is 7.56. The summed E-state index contributed by atoms with van der Waals surface area (Å²) in [5.41, 5.74) is 9.38. The molecule has 1 aromatic carbocycles. The minimum Gasteiger partial charge on any atom is -0.330 e. The number of nitrogens with two attached hydrogens (primary N) is 1. The predicted molar refractivity (Wildman–Crippen MR) is 79.0 cm³/mol. The van der Waals surface area contributed by atoms with Gasteiger partial charge in [0.25, 0.3) is 0 Å². The van der Waals surface area contributed by atoms with Gasteiger partial charge in [-0.05, 0) is 42.7 Å². The summed E-state index contributed by atoms with van der Waals surface area (Å²) in [5, 5.41) is 0. The number of benzene rings is 1. The van der Waals surface area contributed by atoms with E-state index in [-0.39, 0.29) is 5.41 Å². The topological polar surface area (TPSA) is 26.0 Å². The SMILES string of the molecule is CCC(CC)c1cccc(C2(CN)CCCC2)c1. The van der Waals surface area contributed by atoms with Crippen molar-refractivity contribution in [1.29, 1.82) is 0 Å². The van der Waals surface area contributed by atoms with Gasteiger partial charge in [0, 0.05) is 12.0 Å². The zero-order valence-corrected chi connectivity index (χ0v) is 11.9. The van der Waals surface area contributed by atoms with Crippen LogP contribution in [0.1, 0.15) is 69.4 Å². The Balaban J connectivity index is 2.31. The molecule has 18 heavy (non-hydrogen) atoms. The maximum Gasteiger partial charge on any atom is 0.00756 e. The Labute approximate surface area is 112 Å². The summed E-state index contributed by atoms with van der Waals surface area (Å²) in [6.45, 7) is 5.38. The molecule has 2 N–H and O–H groups in total. The van der Waals surface area contributed by atoms with Crippen LogP contribution in [0.2, 0.25) is 0 Å². The molecule has 2 rings (SSSR count). The fourth-order valence-electron chi connectivity index (χ4n) is 3.54. The third kappa shape index (κ3) is 2.47. The first-order chi connectivity index (χ1) is 8.75. The summed E-state index contributed by atoms with van der Waals surface area (Å²) in [4.78, 5) is 0. The molecule has 0 heterocycles. The third-order valence-corrected chi connectivity index (χ3v) is 4.91. The highest BCUT2D eigenvalue weighted by Crippen LogP contribution is 2.41. The van der Waals surface area contributed by atoms with Gasteiger partial charge in [-0.15, -0.1) is 0 Å². The average molecular weight is 245 g/mol. The summed E-state index contributed by atoms with van der Waals surface area (Å²) >= 11 is 0. The molecular formula is C17H27N. The lowest BCUT2D eigenvalue weighted by Crippen LogP contribution is -2.32. The molecule has 1 heteroatoms. The van der Waals surface area contributed by atoms with Gasteiger partial charge in [-0.1, -0.05) is 51.0 Å². The maximum absolute atomic E-state index is 6.09. The molecule has 1 aromatic rings. The van der Waals surface area contributed by atoms with Crippen LogP contribution in [0.5, 0.6) is 0 Å². The van der Waals surface area contributed by atoms with Crippen LogP contribution in [-0.2, 0) is 5.41 Å². The highest BCUT2D eigenvalue weighted by atomic mass is 14.6. The molecule has 0 atom stereocenters. The van der Waals surface area contributed by atoms with Gasteiger partial charge in [-0.2, -0.15) is 0 Å². The van der Waals surface area contributed by atoms with Crippen molar-refractivity contribution < 1.29 is 0 Å². The number of hydrogen-bond acceptors (Lipinski definition) is 1. The van der Waals surface area contributed by atoms with Crippen molar-refractivity contribution in [3.05, 3.63) is 35.4 Å². The zero-order valence-electron chi connectivity index (χ0n) is 11.9. The molecule has 0 aliphatic heterocycles. The Morgan fingerprint density at radius 2 is 1.83 bits per heavy atom. The molecule has 1 nitrogen and oxygen atoms in total. The van der Waals surface area contributed by atoms with Crippen LogP contribution in [0.3, 0.4) is 0 Å². The predicted octanol–water partition coefficient (Wildman–Crippen LogP) is 4.36. The van der Waals surface area contributed by atoms with E-state index in [1.807, 2.05) is 0 Å². The summed E-state index contributed by atoms with van der Waals surface area (Å²) in [6, 6.07) is 9.26. The average Bonchev–Trinajstić information content (AvgIpc) is 2.91. The normalized spacial score (nSPS) is 18.4. The largest absolute Gasteiger partial charge is 0.330 e. The van der Waals surface area contributed by atoms with E-state index < -0.39 is 0 Å². The van der Waals surface area contributed by atoms with Crippen LogP contribution in [0.4, 0.5) is 0 Å². The first kappa shape index (κ1) is 13.6. The van der Waals surface area contributed by atoms with Crippen LogP contribution >= 0.6 is 0 Å². The third-order valence-electron chi connectivity index (χ3n) is 4.91. The standard InChI is InChI=1S/C17H27N/c1-3-14(4-2)15-8-7-9-16(12-15)17(13-18)10-5-6-11-17/h7-9,12,14H,3-6,10-11,13,18H2,1-2H3. The minimum atomic E-state index is 0.280. The van der Waals surface area contributed by atoms with Crippen molar-refractivity contribution >= 4 is 0 Å². The lowest BCUT2D eigenvalue weighted by Gasteiger charge is -2.29. The van der Waals surface area contributed by atoms with Crippen LogP contribution in [0.15, 0.2) is 24.3 Å². The second-order valence-electron chi connectivity index (χ2n) is 5.83. The van der Waals surface area contributed by atoms with E-state index in [1.54, 1.807) is 0 Å². The summed E-state index contributed by atoms with van der Waals surface area (Å²) < 4.78 is 0. The smallest absolute Gasteiger partial charge is 0.00756 e. The van der Waals surface area contributed by atoms with Gasteiger partial charge >= 0.3 is 0 Å². The Morgan fingerprint density at radius 3 is 2.39 bits per heavy atom. The van der Waals surface area contributed by atoms with Crippen LogP contribution < -0.4 is 5.73 Å². The van der Waals surface area contributed by atoms with E-state index >= 15 is 0 Å². The van der Waals surface area contributed by atoms with E-state index in [4.69, 9.17) is 5.73 Å². The van der Waals surface area contributed by atoms with Gasteiger partial charge in [0.15, 0.2) is 0 Å².